The number of hydrogen-bond donors (Lipinski definition) is 2. The van der Waals surface area contributed by atoms with Crippen LogP contribution in [0, 0.1) is 5.92 Å². The second-order valence-corrected chi connectivity index (χ2v) is 3.99. The van der Waals surface area contributed by atoms with E-state index < -0.39 is 0 Å². The molecular formula is C10H10ClN3O2. The average Bonchev–Trinajstić information content (AvgIpc) is 2.68. The lowest BCUT2D eigenvalue weighted by Crippen LogP contribution is -2.25. The maximum absolute atomic E-state index is 11.7. The van der Waals surface area contributed by atoms with Crippen molar-refractivity contribution >= 4 is 29.2 Å². The summed E-state index contributed by atoms with van der Waals surface area (Å²) in [6.07, 6.45) is 1.69. The van der Waals surface area contributed by atoms with E-state index in [0.717, 1.165) is 0 Å². The Morgan fingerprint density at radius 3 is 2.94 bits per heavy atom. The largest absolute Gasteiger partial charge is 0.355 e. The molecule has 2 heterocycles. The van der Waals surface area contributed by atoms with Crippen LogP contribution in [0.3, 0.4) is 0 Å². The van der Waals surface area contributed by atoms with Crippen LogP contribution in [0.2, 0.25) is 5.02 Å². The van der Waals surface area contributed by atoms with Gasteiger partial charge in [0.1, 0.15) is 5.82 Å². The zero-order chi connectivity index (χ0) is 11.5. The molecule has 0 saturated carbocycles. The molecule has 2 N–H and O–H groups in total. The number of carbonyl (C=O) groups is 2. The van der Waals surface area contributed by atoms with E-state index in [1.165, 1.54) is 6.20 Å². The van der Waals surface area contributed by atoms with E-state index in [-0.39, 0.29) is 24.2 Å². The molecule has 84 valence electrons. The summed E-state index contributed by atoms with van der Waals surface area (Å²) >= 11 is 5.66. The van der Waals surface area contributed by atoms with Crippen LogP contribution in [-0.2, 0) is 9.59 Å². The number of carbonyl (C=O) groups excluding carboxylic acids is 2. The highest BCUT2D eigenvalue weighted by molar-refractivity contribution is 6.30. The van der Waals surface area contributed by atoms with Gasteiger partial charge in [0.2, 0.25) is 11.8 Å². The topological polar surface area (TPSA) is 71.1 Å². The molecule has 1 aliphatic rings. The van der Waals surface area contributed by atoms with Gasteiger partial charge in [-0.1, -0.05) is 11.6 Å². The predicted molar refractivity (Wildman–Crippen MR) is 59.0 cm³/mol. The molecule has 1 aliphatic heterocycles. The van der Waals surface area contributed by atoms with Crippen LogP contribution in [0.5, 0.6) is 0 Å². The van der Waals surface area contributed by atoms with E-state index in [9.17, 15) is 9.59 Å². The first-order chi connectivity index (χ1) is 7.65. The minimum Gasteiger partial charge on any atom is -0.355 e. The van der Waals surface area contributed by atoms with E-state index in [1.54, 1.807) is 12.1 Å². The van der Waals surface area contributed by atoms with Gasteiger partial charge in [-0.2, -0.15) is 0 Å². The second-order valence-electron chi connectivity index (χ2n) is 3.56. The van der Waals surface area contributed by atoms with Crippen LogP contribution < -0.4 is 10.6 Å². The summed E-state index contributed by atoms with van der Waals surface area (Å²) < 4.78 is 0. The van der Waals surface area contributed by atoms with Gasteiger partial charge in [0, 0.05) is 19.2 Å². The van der Waals surface area contributed by atoms with Gasteiger partial charge < -0.3 is 10.6 Å². The summed E-state index contributed by atoms with van der Waals surface area (Å²) in [7, 11) is 0. The molecule has 5 nitrogen and oxygen atoms in total. The van der Waals surface area contributed by atoms with E-state index in [2.05, 4.69) is 15.6 Å². The molecule has 6 heteroatoms. The van der Waals surface area contributed by atoms with Gasteiger partial charge in [0.05, 0.1) is 10.9 Å². The molecular weight excluding hydrogens is 230 g/mol. The standard InChI is InChI=1S/C10H10ClN3O2/c11-7-1-2-8(12-5-7)14-10(16)6-3-9(15)13-4-6/h1-2,5-6H,3-4H2,(H,13,15)(H,12,14,16). The van der Waals surface area contributed by atoms with Crippen molar-refractivity contribution in [1.29, 1.82) is 0 Å². The minimum atomic E-state index is -0.315. The summed E-state index contributed by atoms with van der Waals surface area (Å²) in [5, 5.41) is 5.74. The fourth-order valence-electron chi connectivity index (χ4n) is 1.47. The van der Waals surface area contributed by atoms with Crippen molar-refractivity contribution in [3.05, 3.63) is 23.4 Å². The Morgan fingerprint density at radius 1 is 1.56 bits per heavy atom. The molecule has 1 atom stereocenters. The van der Waals surface area contributed by atoms with Crippen molar-refractivity contribution in [3.63, 3.8) is 0 Å². The maximum atomic E-state index is 11.7. The SMILES string of the molecule is O=C1CC(C(=O)Nc2ccc(Cl)cn2)CN1. The molecule has 0 aliphatic carbocycles. The Kier molecular flexibility index (Phi) is 3.05. The Bertz CT molecular complexity index is 419. The highest BCUT2D eigenvalue weighted by Gasteiger charge is 2.27. The Hall–Kier alpha value is -1.62. The molecule has 1 fully saturated rings. The second kappa shape index (κ2) is 4.49. The third kappa shape index (κ3) is 2.49. The van der Waals surface area contributed by atoms with E-state index in [0.29, 0.717) is 17.4 Å². The first-order valence-corrected chi connectivity index (χ1v) is 5.22. The highest BCUT2D eigenvalue weighted by atomic mass is 35.5. The van der Waals surface area contributed by atoms with Crippen LogP contribution in [0.15, 0.2) is 18.3 Å². The number of aromatic nitrogens is 1. The number of hydrogen-bond acceptors (Lipinski definition) is 3. The number of amides is 2. The van der Waals surface area contributed by atoms with Crippen LogP contribution in [0.4, 0.5) is 5.82 Å². The number of pyridine rings is 1. The summed E-state index contributed by atoms with van der Waals surface area (Å²) in [6.45, 7) is 0.387. The van der Waals surface area contributed by atoms with Gasteiger partial charge in [-0.05, 0) is 12.1 Å². The molecule has 2 rings (SSSR count). The van der Waals surface area contributed by atoms with Gasteiger partial charge in [0.15, 0.2) is 0 Å². The van der Waals surface area contributed by atoms with E-state index in [1.807, 2.05) is 0 Å². The molecule has 2 amide bonds. The number of nitrogens with zero attached hydrogens (tertiary/aromatic N) is 1. The Morgan fingerprint density at radius 2 is 2.38 bits per heavy atom. The third-order valence-electron chi connectivity index (χ3n) is 2.33. The van der Waals surface area contributed by atoms with Gasteiger partial charge in [-0.15, -0.1) is 0 Å². The van der Waals surface area contributed by atoms with Gasteiger partial charge in [-0.3, -0.25) is 9.59 Å². The monoisotopic (exact) mass is 239 g/mol. The normalized spacial score (nSPS) is 19.3. The molecule has 0 radical (unpaired) electrons. The lowest BCUT2D eigenvalue weighted by Gasteiger charge is -2.07. The van der Waals surface area contributed by atoms with Crippen LogP contribution in [0.25, 0.3) is 0 Å². The van der Waals surface area contributed by atoms with Crippen molar-refractivity contribution in [1.82, 2.24) is 10.3 Å². The summed E-state index contributed by atoms with van der Waals surface area (Å²) in [4.78, 5) is 26.5. The highest BCUT2D eigenvalue weighted by Crippen LogP contribution is 2.13. The van der Waals surface area contributed by atoms with Crippen molar-refractivity contribution in [2.24, 2.45) is 5.92 Å². The molecule has 0 spiro atoms. The zero-order valence-electron chi connectivity index (χ0n) is 8.37. The molecule has 0 aromatic carbocycles. The van der Waals surface area contributed by atoms with Crippen molar-refractivity contribution < 1.29 is 9.59 Å². The van der Waals surface area contributed by atoms with Crippen LogP contribution in [0.1, 0.15) is 6.42 Å². The van der Waals surface area contributed by atoms with E-state index in [4.69, 9.17) is 11.6 Å². The van der Waals surface area contributed by atoms with Gasteiger partial charge >= 0.3 is 0 Å². The summed E-state index contributed by atoms with van der Waals surface area (Å²) in [6, 6.07) is 3.26. The Labute approximate surface area is 97.2 Å². The quantitative estimate of drug-likeness (QED) is 0.802. The predicted octanol–water partition coefficient (Wildman–Crippen LogP) is 0.810. The first-order valence-electron chi connectivity index (χ1n) is 4.84. The molecule has 16 heavy (non-hydrogen) atoms. The number of halogens is 1. The van der Waals surface area contributed by atoms with Crippen LogP contribution >= 0.6 is 11.6 Å². The fourth-order valence-corrected chi connectivity index (χ4v) is 1.58. The number of rotatable bonds is 2. The van der Waals surface area contributed by atoms with Crippen molar-refractivity contribution in [2.45, 2.75) is 6.42 Å². The zero-order valence-corrected chi connectivity index (χ0v) is 9.12. The van der Waals surface area contributed by atoms with E-state index >= 15 is 0 Å². The van der Waals surface area contributed by atoms with Gasteiger partial charge in [0.25, 0.3) is 0 Å². The lowest BCUT2D eigenvalue weighted by molar-refractivity contribution is -0.123. The Balaban J connectivity index is 1.97. The molecule has 1 saturated heterocycles. The first kappa shape index (κ1) is 10.9. The number of anilines is 1. The fraction of sp³-hybridized carbons (Fsp3) is 0.300. The van der Waals surface area contributed by atoms with Gasteiger partial charge in [-0.25, -0.2) is 4.98 Å². The smallest absolute Gasteiger partial charge is 0.230 e. The lowest BCUT2D eigenvalue weighted by atomic mass is 10.1. The minimum absolute atomic E-state index is 0.0933. The maximum Gasteiger partial charge on any atom is 0.230 e. The average molecular weight is 240 g/mol. The number of nitrogens with one attached hydrogen (secondary N) is 2. The molecule has 1 aromatic heterocycles. The third-order valence-corrected chi connectivity index (χ3v) is 2.55. The van der Waals surface area contributed by atoms with Crippen molar-refractivity contribution in [3.8, 4) is 0 Å². The van der Waals surface area contributed by atoms with Crippen LogP contribution in [-0.4, -0.2) is 23.3 Å². The molecule has 1 aromatic rings. The summed E-state index contributed by atoms with van der Waals surface area (Å²) in [5.74, 6) is -0.170. The summed E-state index contributed by atoms with van der Waals surface area (Å²) in [5.41, 5.74) is 0. The molecule has 1 unspecified atom stereocenters. The van der Waals surface area contributed by atoms with Crippen molar-refractivity contribution in [2.75, 3.05) is 11.9 Å². The molecule has 0 bridgehead atoms.